The van der Waals surface area contributed by atoms with Crippen molar-refractivity contribution in [3.05, 3.63) is 29.7 Å². The molecule has 2 N–H and O–H groups in total. The van der Waals surface area contributed by atoms with Crippen LogP contribution in [-0.2, 0) is 13.5 Å². The summed E-state index contributed by atoms with van der Waals surface area (Å²) >= 11 is 0. The van der Waals surface area contributed by atoms with E-state index in [1.165, 1.54) is 6.07 Å². The van der Waals surface area contributed by atoms with Crippen LogP contribution < -0.4 is 5.73 Å². The summed E-state index contributed by atoms with van der Waals surface area (Å²) in [5, 5.41) is 5.17. The lowest BCUT2D eigenvalue weighted by atomic mass is 10.1. The molecule has 4 heteroatoms. The quantitative estimate of drug-likeness (QED) is 0.779. The smallest absolute Gasteiger partial charge is 0.128 e. The number of aromatic nitrogens is 2. The van der Waals surface area contributed by atoms with Crippen LogP contribution in [0.15, 0.2) is 18.3 Å². The molecule has 1 aromatic carbocycles. The van der Waals surface area contributed by atoms with Gasteiger partial charge in [-0.2, -0.15) is 5.10 Å². The van der Waals surface area contributed by atoms with Crippen molar-refractivity contribution in [3.63, 3.8) is 0 Å². The van der Waals surface area contributed by atoms with Gasteiger partial charge in [0.2, 0.25) is 0 Å². The fourth-order valence-electron chi connectivity index (χ4n) is 1.62. The Morgan fingerprint density at radius 2 is 2.29 bits per heavy atom. The maximum absolute atomic E-state index is 13.4. The second kappa shape index (κ2) is 3.38. The van der Waals surface area contributed by atoms with Gasteiger partial charge < -0.3 is 5.73 Å². The van der Waals surface area contributed by atoms with Gasteiger partial charge in [0.25, 0.3) is 0 Å². The van der Waals surface area contributed by atoms with Crippen molar-refractivity contribution in [3.8, 4) is 0 Å². The highest BCUT2D eigenvalue weighted by Gasteiger charge is 2.09. The number of halogens is 1. The van der Waals surface area contributed by atoms with E-state index in [1.807, 2.05) is 13.2 Å². The van der Waals surface area contributed by atoms with Gasteiger partial charge in [-0.15, -0.1) is 0 Å². The van der Waals surface area contributed by atoms with E-state index in [4.69, 9.17) is 5.73 Å². The first kappa shape index (κ1) is 9.15. The Balaban J connectivity index is 2.68. The van der Waals surface area contributed by atoms with E-state index < -0.39 is 0 Å². The van der Waals surface area contributed by atoms with Crippen LogP contribution in [0, 0.1) is 5.82 Å². The number of nitrogens with zero attached hydrogens (tertiary/aromatic N) is 2. The minimum Gasteiger partial charge on any atom is -0.330 e. The maximum Gasteiger partial charge on any atom is 0.128 e. The molecule has 0 amide bonds. The molecule has 0 aliphatic rings. The van der Waals surface area contributed by atoms with Gasteiger partial charge in [0, 0.05) is 24.2 Å². The molecule has 74 valence electrons. The molecule has 1 aromatic heterocycles. The van der Waals surface area contributed by atoms with Crippen LogP contribution >= 0.6 is 0 Å². The van der Waals surface area contributed by atoms with Crippen LogP contribution in [-0.4, -0.2) is 16.3 Å². The number of nitrogens with two attached hydrogens (primary N) is 1. The highest BCUT2D eigenvalue weighted by molar-refractivity contribution is 5.81. The molecule has 2 rings (SSSR count). The van der Waals surface area contributed by atoms with Gasteiger partial charge in [-0.25, -0.2) is 4.39 Å². The van der Waals surface area contributed by atoms with Crippen molar-refractivity contribution in [2.24, 2.45) is 12.8 Å². The fourth-order valence-corrected chi connectivity index (χ4v) is 1.62. The van der Waals surface area contributed by atoms with E-state index in [2.05, 4.69) is 5.10 Å². The van der Waals surface area contributed by atoms with Gasteiger partial charge in [0.1, 0.15) is 5.82 Å². The summed E-state index contributed by atoms with van der Waals surface area (Å²) in [5.41, 5.74) is 6.76. The Morgan fingerprint density at radius 1 is 1.50 bits per heavy atom. The first-order valence-corrected chi connectivity index (χ1v) is 4.53. The largest absolute Gasteiger partial charge is 0.330 e. The minimum absolute atomic E-state index is 0.221. The van der Waals surface area contributed by atoms with E-state index in [1.54, 1.807) is 10.7 Å². The lowest BCUT2D eigenvalue weighted by Gasteiger charge is -2.01. The van der Waals surface area contributed by atoms with Crippen LogP contribution in [0.4, 0.5) is 4.39 Å². The van der Waals surface area contributed by atoms with Crippen molar-refractivity contribution in [2.75, 3.05) is 6.54 Å². The summed E-state index contributed by atoms with van der Waals surface area (Å²) in [6, 6.07) is 3.20. The molecule has 0 fully saturated rings. The van der Waals surface area contributed by atoms with E-state index in [0.717, 1.165) is 10.9 Å². The molecule has 0 saturated carbocycles. The number of aryl methyl sites for hydroxylation is 1. The third-order valence-electron chi connectivity index (χ3n) is 2.23. The molecule has 0 spiro atoms. The van der Waals surface area contributed by atoms with Crippen LogP contribution in [0.1, 0.15) is 5.56 Å². The molecule has 3 nitrogen and oxygen atoms in total. The minimum atomic E-state index is -0.221. The first-order chi connectivity index (χ1) is 6.72. The molecular formula is C10H12FN3. The van der Waals surface area contributed by atoms with Crippen molar-refractivity contribution in [1.29, 1.82) is 0 Å². The van der Waals surface area contributed by atoms with Crippen LogP contribution in [0.3, 0.4) is 0 Å². The Bertz CT molecular complexity index is 462. The lowest BCUT2D eigenvalue weighted by molar-refractivity contribution is 0.611. The predicted molar refractivity (Wildman–Crippen MR) is 53.4 cm³/mol. The average molecular weight is 193 g/mol. The summed E-state index contributed by atoms with van der Waals surface area (Å²) in [7, 11) is 1.82. The molecular weight excluding hydrogens is 181 g/mol. The Morgan fingerprint density at radius 3 is 3.00 bits per heavy atom. The standard InChI is InChI=1S/C10H12FN3/c1-14-6-7-2-3-9(11)8(4-5-12)10(7)13-14/h2-3,6H,4-5,12H2,1H3. The number of benzene rings is 1. The molecule has 14 heavy (non-hydrogen) atoms. The highest BCUT2D eigenvalue weighted by atomic mass is 19.1. The molecule has 2 aromatic rings. The fraction of sp³-hybridized carbons (Fsp3) is 0.300. The van der Waals surface area contributed by atoms with Gasteiger partial charge in [0.05, 0.1) is 5.52 Å². The van der Waals surface area contributed by atoms with Crippen LogP contribution in [0.5, 0.6) is 0 Å². The molecule has 0 radical (unpaired) electrons. The molecule has 0 unspecified atom stereocenters. The van der Waals surface area contributed by atoms with Crippen molar-refractivity contribution in [1.82, 2.24) is 9.78 Å². The zero-order valence-corrected chi connectivity index (χ0v) is 8.00. The molecule has 0 aliphatic carbocycles. The topological polar surface area (TPSA) is 43.8 Å². The molecule has 0 saturated heterocycles. The summed E-state index contributed by atoms with van der Waals surface area (Å²) in [5.74, 6) is -0.221. The molecule has 0 bridgehead atoms. The normalized spacial score (nSPS) is 11.1. The zero-order chi connectivity index (χ0) is 10.1. The van der Waals surface area contributed by atoms with Gasteiger partial charge in [-0.3, -0.25) is 4.68 Å². The predicted octanol–water partition coefficient (Wildman–Crippen LogP) is 1.21. The number of fused-ring (bicyclic) bond motifs is 1. The summed E-state index contributed by atoms with van der Waals surface area (Å²) in [6.45, 7) is 0.437. The highest BCUT2D eigenvalue weighted by Crippen LogP contribution is 2.20. The number of hydrogen-bond acceptors (Lipinski definition) is 2. The van der Waals surface area contributed by atoms with Crippen LogP contribution in [0.25, 0.3) is 10.9 Å². The number of hydrogen-bond donors (Lipinski definition) is 1. The van der Waals surface area contributed by atoms with E-state index in [-0.39, 0.29) is 5.82 Å². The Labute approximate surface area is 81.3 Å². The zero-order valence-electron chi connectivity index (χ0n) is 8.00. The number of rotatable bonds is 2. The van der Waals surface area contributed by atoms with E-state index in [0.29, 0.717) is 18.5 Å². The lowest BCUT2D eigenvalue weighted by Crippen LogP contribution is -2.05. The maximum atomic E-state index is 13.4. The Kier molecular flexibility index (Phi) is 2.21. The van der Waals surface area contributed by atoms with Crippen molar-refractivity contribution in [2.45, 2.75) is 6.42 Å². The summed E-state index contributed by atoms with van der Waals surface area (Å²) < 4.78 is 15.1. The monoisotopic (exact) mass is 193 g/mol. The van der Waals surface area contributed by atoms with Gasteiger partial charge in [-0.1, -0.05) is 0 Å². The van der Waals surface area contributed by atoms with Crippen molar-refractivity contribution >= 4 is 10.9 Å². The van der Waals surface area contributed by atoms with E-state index >= 15 is 0 Å². The second-order valence-corrected chi connectivity index (χ2v) is 3.31. The van der Waals surface area contributed by atoms with Gasteiger partial charge in [-0.05, 0) is 25.1 Å². The van der Waals surface area contributed by atoms with Crippen molar-refractivity contribution < 1.29 is 4.39 Å². The molecule has 1 heterocycles. The summed E-state index contributed by atoms with van der Waals surface area (Å²) in [4.78, 5) is 0. The van der Waals surface area contributed by atoms with E-state index in [9.17, 15) is 4.39 Å². The molecule has 0 atom stereocenters. The van der Waals surface area contributed by atoms with Gasteiger partial charge in [0.15, 0.2) is 0 Å². The summed E-state index contributed by atoms with van der Waals surface area (Å²) in [6.07, 6.45) is 2.40. The molecule has 0 aliphatic heterocycles. The van der Waals surface area contributed by atoms with Crippen LogP contribution in [0.2, 0.25) is 0 Å². The third-order valence-corrected chi connectivity index (χ3v) is 2.23. The second-order valence-electron chi connectivity index (χ2n) is 3.31. The third kappa shape index (κ3) is 1.37. The first-order valence-electron chi connectivity index (χ1n) is 4.53. The SMILES string of the molecule is Cn1cc2ccc(F)c(CCN)c2n1. The Hall–Kier alpha value is -1.42. The van der Waals surface area contributed by atoms with Gasteiger partial charge >= 0.3 is 0 Å². The average Bonchev–Trinajstić information content (AvgIpc) is 2.51.